The predicted molar refractivity (Wildman–Crippen MR) is 93.5 cm³/mol. The van der Waals surface area contributed by atoms with E-state index in [0.717, 1.165) is 38.5 Å². The van der Waals surface area contributed by atoms with Gasteiger partial charge in [0.2, 0.25) is 0 Å². The Labute approximate surface area is 146 Å². The largest absolute Gasteiger partial charge is 0.462 e. The zero-order chi connectivity index (χ0) is 17.4. The van der Waals surface area contributed by atoms with Crippen molar-refractivity contribution in [1.29, 1.82) is 0 Å². The van der Waals surface area contributed by atoms with Gasteiger partial charge in [-0.25, -0.2) is 0 Å². The number of hydrogen-bond donors (Lipinski definition) is 0. The minimum Gasteiger partial charge on any atom is -0.462 e. The lowest BCUT2D eigenvalue weighted by Gasteiger charge is -2.26. The summed E-state index contributed by atoms with van der Waals surface area (Å²) in [5.74, 6) is 1.11. The molecule has 0 aliphatic heterocycles. The van der Waals surface area contributed by atoms with Crippen LogP contribution in [0.2, 0.25) is 0 Å². The van der Waals surface area contributed by atoms with Crippen molar-refractivity contribution in [2.24, 2.45) is 11.8 Å². The summed E-state index contributed by atoms with van der Waals surface area (Å²) in [5.41, 5.74) is 0. The van der Waals surface area contributed by atoms with Crippen molar-refractivity contribution < 1.29 is 19.1 Å². The van der Waals surface area contributed by atoms with E-state index in [1.54, 1.807) is 0 Å². The molecule has 0 aromatic rings. The molecule has 4 atom stereocenters. The van der Waals surface area contributed by atoms with Crippen molar-refractivity contribution in [1.82, 2.24) is 0 Å². The Hall–Kier alpha value is -1.06. The molecule has 2 rings (SSSR count). The molecule has 2 aliphatic carbocycles. The molecule has 4 heteroatoms. The van der Waals surface area contributed by atoms with Gasteiger partial charge in [0.1, 0.15) is 12.2 Å². The van der Waals surface area contributed by atoms with E-state index in [4.69, 9.17) is 9.47 Å². The summed E-state index contributed by atoms with van der Waals surface area (Å²) in [6, 6.07) is 0. The maximum atomic E-state index is 11.9. The van der Waals surface area contributed by atoms with E-state index >= 15 is 0 Å². The van der Waals surface area contributed by atoms with Crippen LogP contribution >= 0.6 is 0 Å². The van der Waals surface area contributed by atoms with Gasteiger partial charge in [0.25, 0.3) is 0 Å². The van der Waals surface area contributed by atoms with Crippen LogP contribution in [0.4, 0.5) is 0 Å². The number of ether oxygens (including phenoxy) is 2. The van der Waals surface area contributed by atoms with Gasteiger partial charge in [-0.1, -0.05) is 26.7 Å². The summed E-state index contributed by atoms with van der Waals surface area (Å²) in [7, 11) is 0. The molecule has 0 saturated heterocycles. The molecule has 0 N–H and O–H groups in total. The van der Waals surface area contributed by atoms with Gasteiger partial charge in [0.15, 0.2) is 0 Å². The van der Waals surface area contributed by atoms with Crippen molar-refractivity contribution in [3.63, 3.8) is 0 Å². The van der Waals surface area contributed by atoms with Gasteiger partial charge in [0.05, 0.1) is 0 Å². The van der Waals surface area contributed by atoms with Crippen LogP contribution in [0.5, 0.6) is 0 Å². The van der Waals surface area contributed by atoms with Crippen LogP contribution in [0.25, 0.3) is 0 Å². The third-order valence-corrected chi connectivity index (χ3v) is 5.38. The number of unbranched alkanes of at least 4 members (excludes halogenated alkanes) is 1. The fourth-order valence-corrected chi connectivity index (χ4v) is 4.00. The standard InChI is InChI=1S/C20H34O4/c1-15-7-5-9-17(13-15)23-19(21)11-3-4-12-20(22)24-18-10-6-8-16(2)14-18/h15-18H,3-14H2,1-2H3/t15-,16?,17+,18?/m1/s1. The van der Waals surface area contributed by atoms with Gasteiger partial charge in [-0.2, -0.15) is 0 Å². The number of rotatable bonds is 7. The van der Waals surface area contributed by atoms with E-state index < -0.39 is 0 Å². The van der Waals surface area contributed by atoms with E-state index in [9.17, 15) is 9.59 Å². The zero-order valence-electron chi connectivity index (χ0n) is 15.4. The average molecular weight is 338 g/mol. The van der Waals surface area contributed by atoms with E-state index in [0.29, 0.717) is 37.5 Å². The quantitative estimate of drug-likeness (QED) is 0.495. The van der Waals surface area contributed by atoms with Crippen LogP contribution in [0, 0.1) is 11.8 Å². The molecule has 0 amide bonds. The minimum atomic E-state index is -0.108. The fraction of sp³-hybridized carbons (Fsp3) is 0.900. The van der Waals surface area contributed by atoms with Gasteiger partial charge >= 0.3 is 11.9 Å². The third kappa shape index (κ3) is 7.23. The van der Waals surface area contributed by atoms with Crippen LogP contribution in [0.1, 0.15) is 90.9 Å². The van der Waals surface area contributed by atoms with Crippen molar-refractivity contribution in [3.8, 4) is 0 Å². The molecule has 0 aromatic heterocycles. The SMILES string of the molecule is CC1CCCC(OC(=O)CCCCC(=O)O[C@H]2CCC[C@@H](C)C2)C1. The first-order chi connectivity index (χ1) is 11.5. The van der Waals surface area contributed by atoms with Crippen LogP contribution in [0.15, 0.2) is 0 Å². The van der Waals surface area contributed by atoms with E-state index in [1.165, 1.54) is 12.8 Å². The number of carbonyl (C=O) groups excluding carboxylic acids is 2. The number of esters is 2. The summed E-state index contributed by atoms with van der Waals surface area (Å²) in [6.45, 7) is 4.44. The highest BCUT2D eigenvalue weighted by Crippen LogP contribution is 2.27. The fourth-order valence-electron chi connectivity index (χ4n) is 4.00. The molecule has 2 aliphatic rings. The van der Waals surface area contributed by atoms with Gasteiger partial charge in [-0.15, -0.1) is 0 Å². The highest BCUT2D eigenvalue weighted by Gasteiger charge is 2.23. The Balaban J connectivity index is 1.52. The lowest BCUT2D eigenvalue weighted by atomic mass is 9.89. The van der Waals surface area contributed by atoms with Crippen molar-refractivity contribution in [3.05, 3.63) is 0 Å². The van der Waals surface area contributed by atoms with E-state index in [2.05, 4.69) is 13.8 Å². The van der Waals surface area contributed by atoms with Crippen molar-refractivity contribution in [2.75, 3.05) is 0 Å². The Morgan fingerprint density at radius 1 is 0.750 bits per heavy atom. The first kappa shape index (κ1) is 19.3. The van der Waals surface area contributed by atoms with Gasteiger partial charge in [-0.05, 0) is 63.2 Å². The van der Waals surface area contributed by atoms with Crippen LogP contribution < -0.4 is 0 Å². The van der Waals surface area contributed by atoms with Gasteiger partial charge in [0, 0.05) is 12.8 Å². The molecule has 2 saturated carbocycles. The van der Waals surface area contributed by atoms with Crippen LogP contribution in [-0.2, 0) is 19.1 Å². The highest BCUT2D eigenvalue weighted by molar-refractivity contribution is 5.70. The molecular weight excluding hydrogens is 304 g/mol. The molecule has 2 unspecified atom stereocenters. The van der Waals surface area contributed by atoms with E-state index in [-0.39, 0.29) is 24.1 Å². The summed E-state index contributed by atoms with van der Waals surface area (Å²) in [6.07, 6.45) is 11.3. The van der Waals surface area contributed by atoms with Crippen LogP contribution in [-0.4, -0.2) is 24.1 Å². The van der Waals surface area contributed by atoms with Gasteiger partial charge in [-0.3, -0.25) is 9.59 Å². The zero-order valence-corrected chi connectivity index (χ0v) is 15.4. The summed E-state index contributed by atoms with van der Waals surface area (Å²) < 4.78 is 11.1. The smallest absolute Gasteiger partial charge is 0.306 e. The minimum absolute atomic E-state index is 0.108. The summed E-state index contributed by atoms with van der Waals surface area (Å²) in [5, 5.41) is 0. The maximum Gasteiger partial charge on any atom is 0.306 e. The summed E-state index contributed by atoms with van der Waals surface area (Å²) in [4.78, 5) is 23.8. The maximum absolute atomic E-state index is 11.9. The predicted octanol–water partition coefficient (Wildman–Crippen LogP) is 4.79. The Morgan fingerprint density at radius 2 is 1.17 bits per heavy atom. The summed E-state index contributed by atoms with van der Waals surface area (Å²) >= 11 is 0. The second-order valence-electron chi connectivity index (χ2n) is 7.97. The molecule has 0 radical (unpaired) electrons. The van der Waals surface area contributed by atoms with Gasteiger partial charge < -0.3 is 9.47 Å². The first-order valence-electron chi connectivity index (χ1n) is 9.92. The van der Waals surface area contributed by atoms with Crippen molar-refractivity contribution >= 4 is 11.9 Å². The molecule has 0 spiro atoms. The first-order valence-corrected chi connectivity index (χ1v) is 9.92. The average Bonchev–Trinajstić information content (AvgIpc) is 2.51. The lowest BCUT2D eigenvalue weighted by Crippen LogP contribution is -2.25. The molecule has 2 fully saturated rings. The topological polar surface area (TPSA) is 52.6 Å². The third-order valence-electron chi connectivity index (χ3n) is 5.38. The molecule has 0 bridgehead atoms. The second-order valence-corrected chi connectivity index (χ2v) is 7.97. The molecule has 138 valence electrons. The molecule has 4 nitrogen and oxygen atoms in total. The molecular formula is C20H34O4. The Bertz CT molecular complexity index is 368. The van der Waals surface area contributed by atoms with Crippen LogP contribution in [0.3, 0.4) is 0 Å². The van der Waals surface area contributed by atoms with E-state index in [1.807, 2.05) is 0 Å². The molecule has 0 aromatic carbocycles. The number of carbonyl (C=O) groups is 2. The monoisotopic (exact) mass is 338 g/mol. The Morgan fingerprint density at radius 3 is 1.54 bits per heavy atom. The normalized spacial score (nSPS) is 30.6. The second kappa shape index (κ2) is 10.0. The molecule has 0 heterocycles. The van der Waals surface area contributed by atoms with Crippen molar-refractivity contribution in [2.45, 2.75) is 103 Å². The molecule has 24 heavy (non-hydrogen) atoms. The number of hydrogen-bond acceptors (Lipinski definition) is 4. The lowest BCUT2D eigenvalue weighted by molar-refractivity contribution is -0.153. The highest BCUT2D eigenvalue weighted by atomic mass is 16.5. The Kier molecular flexibility index (Phi) is 8.07.